The predicted molar refractivity (Wildman–Crippen MR) is 75.9 cm³/mol. The number of thiocarbonyl (C=S) groups is 1. The van der Waals surface area contributed by atoms with Crippen molar-refractivity contribution in [2.24, 2.45) is 5.73 Å². The summed E-state index contributed by atoms with van der Waals surface area (Å²) in [5.74, 6) is 0.647. The summed E-state index contributed by atoms with van der Waals surface area (Å²) in [6, 6.07) is 13.4. The first kappa shape index (κ1) is 12.5. The van der Waals surface area contributed by atoms with Gasteiger partial charge < -0.3 is 10.5 Å². The largest absolute Gasteiger partial charge is 0.497 e. The van der Waals surface area contributed by atoms with Crippen LogP contribution < -0.4 is 10.5 Å². The third-order valence-corrected chi connectivity index (χ3v) is 2.95. The lowest BCUT2D eigenvalue weighted by Gasteiger charge is -2.15. The van der Waals surface area contributed by atoms with Gasteiger partial charge in [0.25, 0.3) is 0 Å². The average Bonchev–Trinajstić information content (AvgIpc) is 2.40. The van der Waals surface area contributed by atoms with E-state index in [2.05, 4.69) is 4.98 Å². The molecule has 1 heterocycles. The summed E-state index contributed by atoms with van der Waals surface area (Å²) in [5.41, 5.74) is 7.70. The molecule has 1 unspecified atom stereocenters. The van der Waals surface area contributed by atoms with Crippen LogP contribution in [0.4, 0.5) is 0 Å². The van der Waals surface area contributed by atoms with Crippen molar-refractivity contribution < 1.29 is 4.74 Å². The van der Waals surface area contributed by atoms with E-state index in [1.165, 1.54) is 0 Å². The van der Waals surface area contributed by atoms with Gasteiger partial charge in [-0.25, -0.2) is 0 Å². The maximum absolute atomic E-state index is 5.83. The van der Waals surface area contributed by atoms with Crippen molar-refractivity contribution in [3.05, 3.63) is 59.9 Å². The maximum Gasteiger partial charge on any atom is 0.118 e. The first-order chi connectivity index (χ1) is 8.72. The second kappa shape index (κ2) is 5.60. The summed E-state index contributed by atoms with van der Waals surface area (Å²) in [6.45, 7) is 0. The molecule has 1 aromatic carbocycles. The molecule has 0 saturated carbocycles. The van der Waals surface area contributed by atoms with Crippen LogP contribution in [0.3, 0.4) is 0 Å². The SMILES string of the molecule is COc1ccc(C(C(N)=S)c2ccccn2)cc1. The Hall–Kier alpha value is -1.94. The zero-order valence-electron chi connectivity index (χ0n) is 10.0. The van der Waals surface area contributed by atoms with Crippen molar-refractivity contribution in [2.45, 2.75) is 5.92 Å². The van der Waals surface area contributed by atoms with Gasteiger partial charge >= 0.3 is 0 Å². The van der Waals surface area contributed by atoms with Crippen LogP contribution in [-0.2, 0) is 0 Å². The molecule has 0 fully saturated rings. The highest BCUT2D eigenvalue weighted by molar-refractivity contribution is 7.80. The number of rotatable bonds is 4. The number of benzene rings is 1. The van der Waals surface area contributed by atoms with Gasteiger partial charge in [0.05, 0.1) is 23.7 Å². The van der Waals surface area contributed by atoms with Crippen LogP contribution in [0.25, 0.3) is 0 Å². The maximum atomic E-state index is 5.83. The van der Waals surface area contributed by atoms with Gasteiger partial charge in [-0.3, -0.25) is 4.98 Å². The third-order valence-electron chi connectivity index (χ3n) is 2.72. The molecule has 4 heteroatoms. The lowest BCUT2D eigenvalue weighted by Crippen LogP contribution is -2.21. The second-order valence-electron chi connectivity index (χ2n) is 3.86. The molecule has 0 bridgehead atoms. The van der Waals surface area contributed by atoms with Gasteiger partial charge in [-0.2, -0.15) is 0 Å². The molecule has 18 heavy (non-hydrogen) atoms. The molecular weight excluding hydrogens is 244 g/mol. The second-order valence-corrected chi connectivity index (χ2v) is 4.33. The smallest absolute Gasteiger partial charge is 0.118 e. The highest BCUT2D eigenvalue weighted by atomic mass is 32.1. The Morgan fingerprint density at radius 2 is 1.94 bits per heavy atom. The Labute approximate surface area is 112 Å². The number of aromatic nitrogens is 1. The number of hydrogen-bond acceptors (Lipinski definition) is 3. The van der Waals surface area contributed by atoms with E-state index >= 15 is 0 Å². The Bertz CT molecular complexity index is 525. The van der Waals surface area contributed by atoms with E-state index in [1.54, 1.807) is 13.3 Å². The summed E-state index contributed by atoms with van der Waals surface area (Å²) in [7, 11) is 1.64. The summed E-state index contributed by atoms with van der Waals surface area (Å²) in [4.78, 5) is 4.74. The molecule has 3 nitrogen and oxygen atoms in total. The van der Waals surface area contributed by atoms with Gasteiger partial charge in [-0.05, 0) is 29.8 Å². The number of nitrogens with zero attached hydrogens (tertiary/aromatic N) is 1. The van der Waals surface area contributed by atoms with E-state index in [-0.39, 0.29) is 5.92 Å². The summed E-state index contributed by atoms with van der Waals surface area (Å²) < 4.78 is 5.14. The lowest BCUT2D eigenvalue weighted by atomic mass is 9.95. The molecule has 1 aromatic heterocycles. The van der Waals surface area contributed by atoms with Crippen LogP contribution in [0, 0.1) is 0 Å². The molecule has 0 radical (unpaired) electrons. The van der Waals surface area contributed by atoms with Crippen LogP contribution in [0.5, 0.6) is 5.75 Å². The van der Waals surface area contributed by atoms with E-state index in [0.717, 1.165) is 17.0 Å². The zero-order valence-corrected chi connectivity index (χ0v) is 10.9. The van der Waals surface area contributed by atoms with Crippen LogP contribution in [-0.4, -0.2) is 17.1 Å². The predicted octanol–water partition coefficient (Wildman–Crippen LogP) is 2.51. The Morgan fingerprint density at radius 1 is 1.22 bits per heavy atom. The van der Waals surface area contributed by atoms with Gasteiger partial charge in [0.15, 0.2) is 0 Å². The monoisotopic (exact) mass is 258 g/mol. The van der Waals surface area contributed by atoms with Gasteiger partial charge in [0.2, 0.25) is 0 Å². The zero-order chi connectivity index (χ0) is 13.0. The minimum atomic E-state index is -0.160. The number of ether oxygens (including phenoxy) is 1. The van der Waals surface area contributed by atoms with Crippen molar-refractivity contribution in [1.82, 2.24) is 4.98 Å². The fourth-order valence-corrected chi connectivity index (χ4v) is 2.08. The van der Waals surface area contributed by atoms with Crippen LogP contribution in [0.1, 0.15) is 17.2 Å². The molecule has 1 atom stereocenters. The molecule has 0 aliphatic carbocycles. The van der Waals surface area contributed by atoms with Crippen LogP contribution in [0.15, 0.2) is 48.7 Å². The molecule has 2 rings (SSSR count). The Kier molecular flexibility index (Phi) is 3.89. The minimum absolute atomic E-state index is 0.160. The fraction of sp³-hybridized carbons (Fsp3) is 0.143. The Balaban J connectivity index is 2.39. The lowest BCUT2D eigenvalue weighted by molar-refractivity contribution is 0.414. The molecule has 0 spiro atoms. The molecule has 0 amide bonds. The topological polar surface area (TPSA) is 48.1 Å². The van der Waals surface area contributed by atoms with Gasteiger partial charge in [-0.1, -0.05) is 30.4 Å². The van der Waals surface area contributed by atoms with Crippen LogP contribution in [0.2, 0.25) is 0 Å². The van der Waals surface area contributed by atoms with Crippen molar-refractivity contribution in [2.75, 3.05) is 7.11 Å². The van der Waals surface area contributed by atoms with Gasteiger partial charge in [0, 0.05) is 6.20 Å². The minimum Gasteiger partial charge on any atom is -0.497 e. The first-order valence-corrected chi connectivity index (χ1v) is 5.97. The van der Waals surface area contributed by atoms with E-state index in [9.17, 15) is 0 Å². The van der Waals surface area contributed by atoms with E-state index in [4.69, 9.17) is 22.7 Å². The number of pyridine rings is 1. The van der Waals surface area contributed by atoms with Crippen molar-refractivity contribution in [3.63, 3.8) is 0 Å². The molecule has 2 N–H and O–H groups in total. The highest BCUT2D eigenvalue weighted by Crippen LogP contribution is 2.25. The number of nitrogens with two attached hydrogens (primary N) is 1. The van der Waals surface area contributed by atoms with E-state index < -0.39 is 0 Å². The Morgan fingerprint density at radius 3 is 2.44 bits per heavy atom. The molecule has 0 aliphatic rings. The van der Waals surface area contributed by atoms with Crippen molar-refractivity contribution >= 4 is 17.2 Å². The molecule has 0 saturated heterocycles. The summed E-state index contributed by atoms with van der Waals surface area (Å²) in [5, 5.41) is 0. The number of methoxy groups -OCH3 is 1. The molecule has 92 valence electrons. The fourth-order valence-electron chi connectivity index (χ4n) is 1.82. The molecule has 2 aromatic rings. The quantitative estimate of drug-likeness (QED) is 0.856. The normalized spacial score (nSPS) is 11.8. The summed E-state index contributed by atoms with van der Waals surface area (Å²) >= 11 is 5.15. The van der Waals surface area contributed by atoms with Gasteiger partial charge in [0.1, 0.15) is 5.75 Å². The van der Waals surface area contributed by atoms with Crippen molar-refractivity contribution in [1.29, 1.82) is 0 Å². The van der Waals surface area contributed by atoms with E-state index in [0.29, 0.717) is 4.99 Å². The highest BCUT2D eigenvalue weighted by Gasteiger charge is 2.18. The van der Waals surface area contributed by atoms with E-state index in [1.807, 2.05) is 42.5 Å². The summed E-state index contributed by atoms with van der Waals surface area (Å²) in [6.07, 6.45) is 1.74. The third kappa shape index (κ3) is 2.65. The standard InChI is InChI=1S/C14H14N2OS/c1-17-11-7-5-10(6-8-11)13(14(15)18)12-4-2-3-9-16-12/h2-9,13H,1H3,(H2,15,18). The van der Waals surface area contributed by atoms with Crippen molar-refractivity contribution in [3.8, 4) is 5.75 Å². The van der Waals surface area contributed by atoms with Crippen LogP contribution >= 0.6 is 12.2 Å². The first-order valence-electron chi connectivity index (χ1n) is 5.56. The van der Waals surface area contributed by atoms with Gasteiger partial charge in [-0.15, -0.1) is 0 Å². The number of hydrogen-bond donors (Lipinski definition) is 1. The molecule has 0 aliphatic heterocycles. The molecular formula is C14H14N2OS. The average molecular weight is 258 g/mol.